The van der Waals surface area contributed by atoms with Gasteiger partial charge >= 0.3 is 0 Å². The standard InChI is InChI=1S/C19H22N4O3S2/c1-11-15(9-21-12(2)23-11)18(25)22-8-14-6-13(4-5-16(14)27)7-17(28-10-24)19(26)20-3/h4-6,9-10,17,27H,7-8H2,1-3H3,(H,20,26)(H,22,25). The number of aryl methyl sites for hydroxylation is 2. The molecule has 1 unspecified atom stereocenters. The quantitative estimate of drug-likeness (QED) is 0.447. The fourth-order valence-corrected chi connectivity index (χ4v) is 3.51. The van der Waals surface area contributed by atoms with Gasteiger partial charge in [0, 0.05) is 24.7 Å². The summed E-state index contributed by atoms with van der Waals surface area (Å²) >= 11 is 5.38. The van der Waals surface area contributed by atoms with Crippen molar-refractivity contribution in [3.05, 3.63) is 52.6 Å². The molecule has 0 radical (unpaired) electrons. The van der Waals surface area contributed by atoms with Crippen molar-refractivity contribution >= 4 is 41.8 Å². The van der Waals surface area contributed by atoms with E-state index in [-0.39, 0.29) is 18.4 Å². The van der Waals surface area contributed by atoms with Gasteiger partial charge in [0.1, 0.15) is 5.82 Å². The molecule has 0 fully saturated rings. The van der Waals surface area contributed by atoms with E-state index < -0.39 is 5.25 Å². The zero-order valence-electron chi connectivity index (χ0n) is 15.9. The van der Waals surface area contributed by atoms with Crippen LogP contribution >= 0.6 is 24.4 Å². The Kier molecular flexibility index (Phi) is 8.01. The highest BCUT2D eigenvalue weighted by molar-refractivity contribution is 8.13. The second-order valence-corrected chi connectivity index (χ2v) is 7.62. The normalized spacial score (nSPS) is 11.6. The third-order valence-electron chi connectivity index (χ3n) is 4.11. The highest BCUT2D eigenvalue weighted by Gasteiger charge is 2.19. The van der Waals surface area contributed by atoms with Crippen LogP contribution in [0.15, 0.2) is 29.3 Å². The maximum atomic E-state index is 12.4. The summed E-state index contributed by atoms with van der Waals surface area (Å²) in [5.74, 6) is 0.130. The van der Waals surface area contributed by atoms with Crippen LogP contribution in [0.1, 0.15) is 33.0 Å². The van der Waals surface area contributed by atoms with Crippen molar-refractivity contribution in [1.29, 1.82) is 0 Å². The molecule has 0 aliphatic carbocycles. The first-order valence-electron chi connectivity index (χ1n) is 8.55. The largest absolute Gasteiger partial charge is 0.358 e. The van der Waals surface area contributed by atoms with Crippen molar-refractivity contribution in [2.24, 2.45) is 0 Å². The minimum Gasteiger partial charge on any atom is -0.358 e. The lowest BCUT2D eigenvalue weighted by molar-refractivity contribution is -0.120. The van der Waals surface area contributed by atoms with Crippen LogP contribution in [0, 0.1) is 13.8 Å². The first-order chi connectivity index (χ1) is 13.3. The van der Waals surface area contributed by atoms with Crippen LogP contribution in [0.25, 0.3) is 0 Å². The van der Waals surface area contributed by atoms with Gasteiger partial charge in [0.25, 0.3) is 5.91 Å². The number of hydrogen-bond acceptors (Lipinski definition) is 7. The Morgan fingerprint density at radius 1 is 1.32 bits per heavy atom. The molecule has 0 spiro atoms. The van der Waals surface area contributed by atoms with E-state index in [0.29, 0.717) is 29.1 Å². The predicted molar refractivity (Wildman–Crippen MR) is 112 cm³/mol. The van der Waals surface area contributed by atoms with Gasteiger partial charge in [0.05, 0.1) is 16.5 Å². The first kappa shape index (κ1) is 21.9. The van der Waals surface area contributed by atoms with Gasteiger partial charge in [-0.1, -0.05) is 23.9 Å². The van der Waals surface area contributed by atoms with E-state index in [1.54, 1.807) is 13.8 Å². The Morgan fingerprint density at radius 3 is 2.71 bits per heavy atom. The highest BCUT2D eigenvalue weighted by Crippen LogP contribution is 2.20. The predicted octanol–water partition coefficient (Wildman–Crippen LogP) is 1.89. The Bertz CT molecular complexity index is 889. The van der Waals surface area contributed by atoms with Crippen molar-refractivity contribution < 1.29 is 14.4 Å². The maximum absolute atomic E-state index is 12.4. The third-order valence-corrected chi connectivity index (χ3v) is 5.36. The van der Waals surface area contributed by atoms with Gasteiger partial charge in [0.15, 0.2) is 5.62 Å². The van der Waals surface area contributed by atoms with Gasteiger partial charge in [-0.15, -0.1) is 12.6 Å². The van der Waals surface area contributed by atoms with Crippen molar-refractivity contribution in [3.8, 4) is 0 Å². The number of thiol groups is 1. The number of rotatable bonds is 8. The highest BCUT2D eigenvalue weighted by atomic mass is 32.2. The number of thioether (sulfide) groups is 1. The summed E-state index contributed by atoms with van der Waals surface area (Å²) in [5.41, 5.74) is 3.39. The van der Waals surface area contributed by atoms with Crippen molar-refractivity contribution in [2.45, 2.75) is 37.0 Å². The second kappa shape index (κ2) is 10.2. The lowest BCUT2D eigenvalue weighted by atomic mass is 10.1. The van der Waals surface area contributed by atoms with Gasteiger partial charge < -0.3 is 10.6 Å². The van der Waals surface area contributed by atoms with E-state index in [2.05, 4.69) is 33.2 Å². The molecule has 1 heterocycles. The Labute approximate surface area is 173 Å². The van der Waals surface area contributed by atoms with E-state index in [9.17, 15) is 14.4 Å². The first-order valence-corrected chi connectivity index (χ1v) is 9.94. The van der Waals surface area contributed by atoms with Crippen LogP contribution in [-0.4, -0.2) is 39.7 Å². The van der Waals surface area contributed by atoms with Crippen LogP contribution < -0.4 is 10.6 Å². The summed E-state index contributed by atoms with van der Waals surface area (Å²) in [5, 5.41) is 4.90. The molecule has 2 rings (SSSR count). The Hall–Kier alpha value is -2.39. The molecule has 2 aromatic rings. The molecule has 28 heavy (non-hydrogen) atoms. The molecule has 2 N–H and O–H groups in total. The summed E-state index contributed by atoms with van der Waals surface area (Å²) in [7, 11) is 1.54. The van der Waals surface area contributed by atoms with Crippen molar-refractivity contribution in [3.63, 3.8) is 0 Å². The topological polar surface area (TPSA) is 101 Å². The molecule has 7 nitrogen and oxygen atoms in total. The minimum absolute atomic E-state index is 0.211. The monoisotopic (exact) mass is 418 g/mol. The average molecular weight is 419 g/mol. The van der Waals surface area contributed by atoms with Gasteiger partial charge in [-0.05, 0) is 37.5 Å². The molecule has 2 amide bonds. The number of nitrogens with zero attached hydrogens (tertiary/aromatic N) is 2. The van der Waals surface area contributed by atoms with Crippen molar-refractivity contribution in [1.82, 2.24) is 20.6 Å². The van der Waals surface area contributed by atoms with Crippen molar-refractivity contribution in [2.75, 3.05) is 7.05 Å². The third kappa shape index (κ3) is 5.80. The van der Waals surface area contributed by atoms with Crippen LogP contribution in [0.5, 0.6) is 0 Å². The van der Waals surface area contributed by atoms with E-state index in [4.69, 9.17) is 0 Å². The molecule has 0 saturated heterocycles. The molecular formula is C19H22N4O3S2. The molecule has 0 aliphatic rings. The molecule has 148 valence electrons. The SMILES string of the molecule is CNC(=O)C(Cc1ccc(S)c(CNC(=O)c2cnc(C)nc2C)c1)SC=O. The maximum Gasteiger partial charge on any atom is 0.254 e. The lowest BCUT2D eigenvalue weighted by Crippen LogP contribution is -2.31. The number of aromatic nitrogens is 2. The Balaban J connectivity index is 2.11. The molecular weight excluding hydrogens is 396 g/mol. The van der Waals surface area contributed by atoms with E-state index in [0.717, 1.165) is 27.8 Å². The van der Waals surface area contributed by atoms with Crippen LogP contribution in [0.2, 0.25) is 0 Å². The Morgan fingerprint density at radius 2 is 2.07 bits per heavy atom. The molecule has 0 bridgehead atoms. The summed E-state index contributed by atoms with van der Waals surface area (Å²) < 4.78 is 0. The van der Waals surface area contributed by atoms with Gasteiger partial charge in [0.2, 0.25) is 5.91 Å². The summed E-state index contributed by atoms with van der Waals surface area (Å²) in [6, 6.07) is 5.54. The van der Waals surface area contributed by atoms with Crippen LogP contribution in [0.4, 0.5) is 0 Å². The summed E-state index contributed by atoms with van der Waals surface area (Å²) in [4.78, 5) is 44.1. The van der Waals surface area contributed by atoms with E-state index >= 15 is 0 Å². The van der Waals surface area contributed by atoms with Gasteiger partial charge in [-0.2, -0.15) is 0 Å². The molecule has 1 aromatic heterocycles. The fourth-order valence-electron chi connectivity index (χ4n) is 2.63. The smallest absolute Gasteiger partial charge is 0.254 e. The summed E-state index contributed by atoms with van der Waals surface area (Å²) in [6.07, 6.45) is 1.90. The zero-order valence-corrected chi connectivity index (χ0v) is 17.6. The van der Waals surface area contributed by atoms with Crippen LogP contribution in [-0.2, 0) is 22.6 Å². The number of nitrogens with one attached hydrogen (secondary N) is 2. The minimum atomic E-state index is -0.511. The molecule has 1 aromatic carbocycles. The van der Waals surface area contributed by atoms with Gasteiger partial charge in [-0.25, -0.2) is 9.97 Å². The second-order valence-electron chi connectivity index (χ2n) is 6.10. The number of carbonyl (C=O) groups is 3. The molecule has 9 heteroatoms. The molecule has 0 aliphatic heterocycles. The lowest BCUT2D eigenvalue weighted by Gasteiger charge is -2.14. The number of carbonyl (C=O) groups excluding carboxylic acids is 3. The fraction of sp³-hybridized carbons (Fsp3) is 0.316. The average Bonchev–Trinajstić information content (AvgIpc) is 2.67. The number of amides is 2. The number of hydrogen-bond donors (Lipinski definition) is 3. The van der Waals surface area contributed by atoms with E-state index in [1.165, 1.54) is 13.2 Å². The summed E-state index contributed by atoms with van der Waals surface area (Å²) in [6.45, 7) is 3.80. The number of benzene rings is 1. The van der Waals surface area contributed by atoms with Crippen LogP contribution in [0.3, 0.4) is 0 Å². The van der Waals surface area contributed by atoms with Gasteiger partial charge in [-0.3, -0.25) is 14.4 Å². The zero-order chi connectivity index (χ0) is 20.7. The van der Waals surface area contributed by atoms with E-state index in [1.807, 2.05) is 18.2 Å². The molecule has 0 saturated carbocycles. The molecule has 1 atom stereocenters.